The molecule has 2 N–H and O–H groups in total. The predicted molar refractivity (Wildman–Crippen MR) is 128 cm³/mol. The maximum absolute atomic E-state index is 13.9. The number of carbonyl (C=O) groups is 2. The van der Waals surface area contributed by atoms with E-state index in [4.69, 9.17) is 0 Å². The minimum atomic E-state index is -0.595. The Bertz CT molecular complexity index is 1260. The topological polar surface area (TPSA) is 88.9 Å². The van der Waals surface area contributed by atoms with Gasteiger partial charge in [0.15, 0.2) is 11.0 Å². The largest absolute Gasteiger partial charge is 0.351 e. The first-order valence-corrected chi connectivity index (χ1v) is 11.6. The van der Waals surface area contributed by atoms with Gasteiger partial charge in [-0.2, -0.15) is 0 Å². The molecule has 7 nitrogen and oxygen atoms in total. The number of nitrogens with one attached hydrogen (secondary N) is 2. The summed E-state index contributed by atoms with van der Waals surface area (Å²) >= 11 is 1.24. The zero-order chi connectivity index (χ0) is 23.8. The van der Waals surface area contributed by atoms with Crippen molar-refractivity contribution >= 4 is 23.6 Å². The van der Waals surface area contributed by atoms with Gasteiger partial charge in [0, 0.05) is 12.2 Å². The predicted octanol–water partition coefficient (Wildman–Crippen LogP) is 3.74. The van der Waals surface area contributed by atoms with Crippen LogP contribution in [-0.2, 0) is 17.9 Å². The Labute approximate surface area is 200 Å². The van der Waals surface area contributed by atoms with Crippen LogP contribution in [-0.4, -0.2) is 32.3 Å². The third-order valence-corrected chi connectivity index (χ3v) is 5.83. The number of hydrogen-bond acceptors (Lipinski definition) is 5. The van der Waals surface area contributed by atoms with E-state index in [1.165, 1.54) is 30.0 Å². The summed E-state index contributed by atoms with van der Waals surface area (Å²) in [6, 6.07) is 24.8. The molecule has 0 saturated carbocycles. The first kappa shape index (κ1) is 23.2. The van der Waals surface area contributed by atoms with Gasteiger partial charge in [0.05, 0.1) is 17.9 Å². The molecule has 1 heterocycles. The zero-order valence-corrected chi connectivity index (χ0v) is 19.0. The first-order valence-electron chi connectivity index (χ1n) is 10.6. The van der Waals surface area contributed by atoms with Gasteiger partial charge in [-0.15, -0.1) is 10.2 Å². The van der Waals surface area contributed by atoms with E-state index in [9.17, 15) is 14.0 Å². The maximum Gasteiger partial charge on any atom is 0.254 e. The number of thioether (sulfide) groups is 1. The van der Waals surface area contributed by atoms with E-state index in [1.807, 2.05) is 60.7 Å². The molecule has 9 heteroatoms. The Morgan fingerprint density at radius 2 is 1.50 bits per heavy atom. The van der Waals surface area contributed by atoms with Gasteiger partial charge < -0.3 is 10.6 Å². The molecule has 2 amide bonds. The SMILES string of the molecule is O=C(CSc1nnc(CNC(=O)c2ccccc2F)n1-c1ccccc1)NCc1ccccc1. The van der Waals surface area contributed by atoms with Gasteiger partial charge in [-0.3, -0.25) is 14.2 Å². The highest BCUT2D eigenvalue weighted by Crippen LogP contribution is 2.22. The van der Waals surface area contributed by atoms with Gasteiger partial charge in [0.25, 0.3) is 5.91 Å². The van der Waals surface area contributed by atoms with Gasteiger partial charge in [0.2, 0.25) is 5.91 Å². The summed E-state index contributed by atoms with van der Waals surface area (Å²) in [5.74, 6) is -0.661. The van der Waals surface area contributed by atoms with E-state index in [-0.39, 0.29) is 23.8 Å². The highest BCUT2D eigenvalue weighted by molar-refractivity contribution is 7.99. The fourth-order valence-electron chi connectivity index (χ4n) is 3.22. The number of para-hydroxylation sites is 1. The Balaban J connectivity index is 1.45. The number of rotatable bonds is 9. The molecule has 34 heavy (non-hydrogen) atoms. The van der Waals surface area contributed by atoms with Crippen molar-refractivity contribution in [1.82, 2.24) is 25.4 Å². The fraction of sp³-hybridized carbons (Fsp3) is 0.120. The van der Waals surface area contributed by atoms with Crippen LogP contribution in [0.2, 0.25) is 0 Å². The molecule has 0 saturated heterocycles. The zero-order valence-electron chi connectivity index (χ0n) is 18.1. The molecule has 4 rings (SSSR count). The monoisotopic (exact) mass is 475 g/mol. The van der Waals surface area contributed by atoms with Crippen LogP contribution in [0.1, 0.15) is 21.7 Å². The summed E-state index contributed by atoms with van der Waals surface area (Å²) in [6.45, 7) is 0.481. The second-order valence-electron chi connectivity index (χ2n) is 7.28. The van der Waals surface area contributed by atoms with Crippen LogP contribution in [0.3, 0.4) is 0 Å². The molecule has 0 spiro atoms. The molecular formula is C25H22FN5O2S. The van der Waals surface area contributed by atoms with Gasteiger partial charge >= 0.3 is 0 Å². The molecule has 3 aromatic carbocycles. The van der Waals surface area contributed by atoms with Crippen LogP contribution < -0.4 is 10.6 Å². The smallest absolute Gasteiger partial charge is 0.254 e. The van der Waals surface area contributed by atoms with Crippen molar-refractivity contribution in [2.75, 3.05) is 5.75 Å². The van der Waals surface area contributed by atoms with Gasteiger partial charge in [-0.1, -0.05) is 72.4 Å². The fourth-order valence-corrected chi connectivity index (χ4v) is 4.02. The van der Waals surface area contributed by atoms with Crippen molar-refractivity contribution in [3.63, 3.8) is 0 Å². The lowest BCUT2D eigenvalue weighted by Gasteiger charge is -2.11. The van der Waals surface area contributed by atoms with Crippen molar-refractivity contribution in [2.45, 2.75) is 18.2 Å². The molecule has 4 aromatic rings. The Morgan fingerprint density at radius 1 is 0.824 bits per heavy atom. The Morgan fingerprint density at radius 3 is 2.24 bits per heavy atom. The third kappa shape index (κ3) is 5.87. The van der Waals surface area contributed by atoms with Crippen molar-refractivity contribution < 1.29 is 14.0 Å². The van der Waals surface area contributed by atoms with Crippen LogP contribution in [0.4, 0.5) is 4.39 Å². The average molecular weight is 476 g/mol. The van der Waals surface area contributed by atoms with E-state index in [1.54, 1.807) is 10.6 Å². The molecule has 0 bridgehead atoms. The molecule has 0 aliphatic rings. The van der Waals surface area contributed by atoms with E-state index < -0.39 is 11.7 Å². The van der Waals surface area contributed by atoms with Gasteiger partial charge in [-0.25, -0.2) is 4.39 Å². The summed E-state index contributed by atoms with van der Waals surface area (Å²) in [7, 11) is 0. The summed E-state index contributed by atoms with van der Waals surface area (Å²) in [4.78, 5) is 24.8. The second-order valence-corrected chi connectivity index (χ2v) is 8.23. The molecule has 0 unspecified atom stereocenters. The van der Waals surface area contributed by atoms with E-state index >= 15 is 0 Å². The number of benzene rings is 3. The number of aromatic nitrogens is 3. The molecule has 0 radical (unpaired) electrons. The minimum Gasteiger partial charge on any atom is -0.351 e. The quantitative estimate of drug-likeness (QED) is 0.360. The standard InChI is InChI=1S/C25H22FN5O2S/c26-21-14-8-7-13-20(21)24(33)28-16-22-29-30-25(31(22)19-11-5-2-6-12-19)34-17-23(32)27-15-18-9-3-1-4-10-18/h1-14H,15-17H2,(H,27,32)(H,28,33). The van der Waals surface area contributed by atoms with E-state index in [0.29, 0.717) is 17.5 Å². The maximum atomic E-state index is 13.9. The molecular weight excluding hydrogens is 453 g/mol. The third-order valence-electron chi connectivity index (χ3n) is 4.91. The van der Waals surface area contributed by atoms with Crippen LogP contribution in [0.15, 0.2) is 90.1 Å². The lowest BCUT2D eigenvalue weighted by Crippen LogP contribution is -2.26. The highest BCUT2D eigenvalue weighted by atomic mass is 32.2. The van der Waals surface area contributed by atoms with Crippen LogP contribution in [0.25, 0.3) is 5.69 Å². The molecule has 0 atom stereocenters. The highest BCUT2D eigenvalue weighted by Gasteiger charge is 2.18. The molecule has 172 valence electrons. The summed E-state index contributed by atoms with van der Waals surface area (Å²) in [6.07, 6.45) is 0. The van der Waals surface area contributed by atoms with Gasteiger partial charge in [-0.05, 0) is 29.8 Å². The number of nitrogens with zero attached hydrogens (tertiary/aromatic N) is 3. The first-order chi connectivity index (χ1) is 16.6. The van der Waals surface area contributed by atoms with E-state index in [2.05, 4.69) is 20.8 Å². The van der Waals surface area contributed by atoms with Crippen molar-refractivity contribution in [1.29, 1.82) is 0 Å². The number of amides is 2. The minimum absolute atomic E-state index is 0.0375. The van der Waals surface area contributed by atoms with Crippen LogP contribution in [0.5, 0.6) is 0 Å². The van der Waals surface area contributed by atoms with Crippen LogP contribution >= 0.6 is 11.8 Å². The molecule has 0 fully saturated rings. The number of halogens is 1. The van der Waals surface area contributed by atoms with Crippen molar-refractivity contribution in [3.05, 3.63) is 108 Å². The average Bonchev–Trinajstić information content (AvgIpc) is 3.29. The lowest BCUT2D eigenvalue weighted by atomic mass is 10.2. The van der Waals surface area contributed by atoms with E-state index in [0.717, 1.165) is 11.3 Å². The Kier molecular flexibility index (Phi) is 7.67. The van der Waals surface area contributed by atoms with Crippen LogP contribution in [0, 0.1) is 5.82 Å². The normalized spacial score (nSPS) is 10.6. The number of carbonyl (C=O) groups excluding carboxylic acids is 2. The summed E-state index contributed by atoms with van der Waals surface area (Å²) < 4.78 is 15.7. The van der Waals surface area contributed by atoms with Crippen molar-refractivity contribution in [3.8, 4) is 5.69 Å². The summed E-state index contributed by atoms with van der Waals surface area (Å²) in [5.41, 5.74) is 1.76. The molecule has 0 aliphatic heterocycles. The summed E-state index contributed by atoms with van der Waals surface area (Å²) in [5, 5.41) is 14.5. The van der Waals surface area contributed by atoms with Gasteiger partial charge in [0.1, 0.15) is 5.82 Å². The lowest BCUT2D eigenvalue weighted by molar-refractivity contribution is -0.118. The Hall–Kier alpha value is -3.98. The molecule has 1 aromatic heterocycles. The second kappa shape index (κ2) is 11.2. The number of hydrogen-bond donors (Lipinski definition) is 2. The molecule has 0 aliphatic carbocycles. The van der Waals surface area contributed by atoms with Crippen molar-refractivity contribution in [2.24, 2.45) is 0 Å².